The molecule has 120 valence electrons. The van der Waals surface area contributed by atoms with Gasteiger partial charge in [-0.2, -0.15) is 0 Å². The first kappa shape index (κ1) is 16.7. The summed E-state index contributed by atoms with van der Waals surface area (Å²) in [5.74, 6) is 0.505. The number of ether oxygens (including phenoxy) is 1. The summed E-state index contributed by atoms with van der Waals surface area (Å²) in [7, 11) is 0. The van der Waals surface area contributed by atoms with Crippen molar-refractivity contribution in [3.8, 4) is 5.75 Å². The van der Waals surface area contributed by atoms with Gasteiger partial charge < -0.3 is 9.64 Å². The average Bonchev–Trinajstić information content (AvgIpc) is 2.61. The van der Waals surface area contributed by atoms with Gasteiger partial charge in [-0.15, -0.1) is 0 Å². The molecular formula is C19H21NO3. The van der Waals surface area contributed by atoms with Crippen LogP contribution in [0.3, 0.4) is 0 Å². The van der Waals surface area contributed by atoms with Crippen LogP contribution >= 0.6 is 0 Å². The van der Waals surface area contributed by atoms with Gasteiger partial charge in [0, 0.05) is 24.2 Å². The standard InChI is InChI=1S/C19H21NO3/c1-3-20(4-2)18(21)14-23-17-12-10-16(11-13-17)19(22)15-8-6-5-7-9-15/h5-13H,3-4,14H2,1-2H3. The van der Waals surface area contributed by atoms with Gasteiger partial charge in [0.2, 0.25) is 0 Å². The lowest BCUT2D eigenvalue weighted by atomic mass is 10.0. The first-order valence-electron chi connectivity index (χ1n) is 7.76. The fourth-order valence-electron chi connectivity index (χ4n) is 2.27. The van der Waals surface area contributed by atoms with Gasteiger partial charge in [-0.1, -0.05) is 30.3 Å². The van der Waals surface area contributed by atoms with Crippen LogP contribution in [0.2, 0.25) is 0 Å². The first-order chi connectivity index (χ1) is 11.2. The number of hydrogen-bond donors (Lipinski definition) is 0. The number of hydrogen-bond acceptors (Lipinski definition) is 3. The van der Waals surface area contributed by atoms with E-state index in [9.17, 15) is 9.59 Å². The summed E-state index contributed by atoms with van der Waals surface area (Å²) < 4.78 is 5.49. The van der Waals surface area contributed by atoms with E-state index in [0.717, 1.165) is 0 Å². The van der Waals surface area contributed by atoms with Crippen molar-refractivity contribution in [1.82, 2.24) is 4.90 Å². The summed E-state index contributed by atoms with van der Waals surface area (Å²) in [5.41, 5.74) is 1.25. The van der Waals surface area contributed by atoms with E-state index >= 15 is 0 Å². The number of carbonyl (C=O) groups excluding carboxylic acids is 2. The molecule has 0 fully saturated rings. The molecule has 2 aromatic carbocycles. The lowest BCUT2D eigenvalue weighted by Gasteiger charge is -2.18. The highest BCUT2D eigenvalue weighted by Crippen LogP contribution is 2.15. The van der Waals surface area contributed by atoms with Crippen LogP contribution in [-0.4, -0.2) is 36.3 Å². The van der Waals surface area contributed by atoms with Crippen LogP contribution in [0.15, 0.2) is 54.6 Å². The van der Waals surface area contributed by atoms with Crippen molar-refractivity contribution in [1.29, 1.82) is 0 Å². The van der Waals surface area contributed by atoms with Crippen LogP contribution < -0.4 is 4.74 Å². The maximum atomic E-state index is 12.3. The smallest absolute Gasteiger partial charge is 0.260 e. The maximum Gasteiger partial charge on any atom is 0.260 e. The third-order valence-electron chi connectivity index (χ3n) is 3.63. The highest BCUT2D eigenvalue weighted by molar-refractivity contribution is 6.08. The van der Waals surface area contributed by atoms with Gasteiger partial charge in [0.05, 0.1) is 0 Å². The summed E-state index contributed by atoms with van der Waals surface area (Å²) in [5, 5.41) is 0. The Hall–Kier alpha value is -2.62. The Morgan fingerprint density at radius 1 is 0.870 bits per heavy atom. The molecule has 1 amide bonds. The second-order valence-electron chi connectivity index (χ2n) is 5.07. The molecule has 0 heterocycles. The fraction of sp³-hybridized carbons (Fsp3) is 0.263. The molecule has 4 heteroatoms. The summed E-state index contributed by atoms with van der Waals surface area (Å²) in [6.07, 6.45) is 0. The molecule has 0 atom stereocenters. The summed E-state index contributed by atoms with van der Waals surface area (Å²) in [4.78, 5) is 25.9. The molecule has 4 nitrogen and oxygen atoms in total. The summed E-state index contributed by atoms with van der Waals surface area (Å²) >= 11 is 0. The molecule has 0 saturated carbocycles. The Morgan fingerprint density at radius 3 is 2.00 bits per heavy atom. The van der Waals surface area contributed by atoms with Crippen molar-refractivity contribution in [2.75, 3.05) is 19.7 Å². The van der Waals surface area contributed by atoms with Crippen molar-refractivity contribution < 1.29 is 14.3 Å². The van der Waals surface area contributed by atoms with Gasteiger partial charge in [0.1, 0.15) is 5.75 Å². The summed E-state index contributed by atoms with van der Waals surface area (Å²) in [6, 6.07) is 16.0. The van der Waals surface area contributed by atoms with Crippen molar-refractivity contribution in [2.24, 2.45) is 0 Å². The molecule has 0 aliphatic rings. The van der Waals surface area contributed by atoms with E-state index in [1.807, 2.05) is 32.0 Å². The molecule has 0 saturated heterocycles. The zero-order valence-corrected chi connectivity index (χ0v) is 13.5. The molecule has 0 N–H and O–H groups in total. The normalized spacial score (nSPS) is 10.2. The van der Waals surface area contributed by atoms with Crippen LogP contribution in [0, 0.1) is 0 Å². The largest absolute Gasteiger partial charge is 0.484 e. The van der Waals surface area contributed by atoms with Crippen LogP contribution in [0.25, 0.3) is 0 Å². The molecule has 23 heavy (non-hydrogen) atoms. The van der Waals surface area contributed by atoms with Crippen LogP contribution in [0.1, 0.15) is 29.8 Å². The molecule has 2 aromatic rings. The minimum absolute atomic E-state index is 0.00760. The van der Waals surface area contributed by atoms with Crippen LogP contribution in [0.5, 0.6) is 5.75 Å². The lowest BCUT2D eigenvalue weighted by Crippen LogP contribution is -2.34. The van der Waals surface area contributed by atoms with Crippen molar-refractivity contribution in [2.45, 2.75) is 13.8 Å². The summed E-state index contributed by atoms with van der Waals surface area (Å²) in [6.45, 7) is 5.22. The number of benzene rings is 2. The number of amides is 1. The van der Waals surface area contributed by atoms with Gasteiger partial charge in [0.25, 0.3) is 5.91 Å². The molecule has 0 unspecified atom stereocenters. The maximum absolute atomic E-state index is 12.3. The SMILES string of the molecule is CCN(CC)C(=O)COc1ccc(C(=O)c2ccccc2)cc1. The highest BCUT2D eigenvalue weighted by atomic mass is 16.5. The Balaban J connectivity index is 1.97. The molecule has 0 aliphatic heterocycles. The molecule has 0 aromatic heterocycles. The molecule has 0 spiro atoms. The number of ketones is 1. The van der Waals surface area contributed by atoms with Crippen molar-refractivity contribution >= 4 is 11.7 Å². The van der Waals surface area contributed by atoms with Gasteiger partial charge >= 0.3 is 0 Å². The van der Waals surface area contributed by atoms with Gasteiger partial charge in [-0.25, -0.2) is 0 Å². The second-order valence-corrected chi connectivity index (χ2v) is 5.07. The van der Waals surface area contributed by atoms with E-state index in [2.05, 4.69) is 0 Å². The fourth-order valence-corrected chi connectivity index (χ4v) is 2.27. The predicted octanol–water partition coefficient (Wildman–Crippen LogP) is 3.16. The quantitative estimate of drug-likeness (QED) is 0.738. The third-order valence-corrected chi connectivity index (χ3v) is 3.63. The number of likely N-dealkylation sites (N-methyl/N-ethyl adjacent to an activating group) is 1. The molecule has 0 radical (unpaired) electrons. The molecule has 0 bridgehead atoms. The van der Waals surface area contributed by atoms with E-state index < -0.39 is 0 Å². The Kier molecular flexibility index (Phi) is 5.92. The predicted molar refractivity (Wildman–Crippen MR) is 89.7 cm³/mol. The zero-order chi connectivity index (χ0) is 16.7. The molecule has 0 aliphatic carbocycles. The van der Waals surface area contributed by atoms with E-state index in [1.165, 1.54) is 0 Å². The Morgan fingerprint density at radius 2 is 1.43 bits per heavy atom. The lowest BCUT2D eigenvalue weighted by molar-refractivity contribution is -0.132. The van der Waals surface area contributed by atoms with Crippen LogP contribution in [-0.2, 0) is 4.79 Å². The highest BCUT2D eigenvalue weighted by Gasteiger charge is 2.11. The second kappa shape index (κ2) is 8.13. The monoisotopic (exact) mass is 311 g/mol. The molecule has 2 rings (SSSR count). The van der Waals surface area contributed by atoms with E-state index in [0.29, 0.717) is 30.0 Å². The minimum atomic E-state index is -0.0422. The minimum Gasteiger partial charge on any atom is -0.484 e. The van der Waals surface area contributed by atoms with Crippen molar-refractivity contribution in [3.63, 3.8) is 0 Å². The van der Waals surface area contributed by atoms with Gasteiger partial charge in [0.15, 0.2) is 12.4 Å². The van der Waals surface area contributed by atoms with E-state index in [1.54, 1.807) is 41.3 Å². The van der Waals surface area contributed by atoms with Crippen LogP contribution in [0.4, 0.5) is 0 Å². The Bertz CT molecular complexity index is 646. The molecular weight excluding hydrogens is 290 g/mol. The van der Waals surface area contributed by atoms with Gasteiger partial charge in [-0.05, 0) is 38.1 Å². The number of rotatable bonds is 7. The third kappa shape index (κ3) is 4.42. The zero-order valence-electron chi connectivity index (χ0n) is 13.5. The number of carbonyl (C=O) groups is 2. The average molecular weight is 311 g/mol. The topological polar surface area (TPSA) is 46.6 Å². The first-order valence-corrected chi connectivity index (χ1v) is 7.76. The van der Waals surface area contributed by atoms with Gasteiger partial charge in [-0.3, -0.25) is 9.59 Å². The Labute approximate surface area is 136 Å². The van der Waals surface area contributed by atoms with E-state index in [-0.39, 0.29) is 18.3 Å². The van der Waals surface area contributed by atoms with Crippen molar-refractivity contribution in [3.05, 3.63) is 65.7 Å². The van der Waals surface area contributed by atoms with E-state index in [4.69, 9.17) is 4.74 Å². The number of nitrogens with zero attached hydrogens (tertiary/aromatic N) is 1.